The summed E-state index contributed by atoms with van der Waals surface area (Å²) in [6.45, 7) is 5.19. The third kappa shape index (κ3) is 1.04. The Morgan fingerprint density at radius 3 is 3.00 bits per heavy atom. The van der Waals surface area contributed by atoms with Crippen molar-refractivity contribution in [3.63, 3.8) is 0 Å². The highest BCUT2D eigenvalue weighted by Crippen LogP contribution is 2.06. The molecule has 0 aliphatic carbocycles. The molecule has 0 fully saturated rings. The molecule has 1 aromatic rings. The zero-order valence-electron chi connectivity index (χ0n) is 7.49. The van der Waals surface area contributed by atoms with Crippen molar-refractivity contribution < 1.29 is 4.57 Å². The van der Waals surface area contributed by atoms with Gasteiger partial charge in [0, 0.05) is 0 Å². The van der Waals surface area contributed by atoms with Crippen LogP contribution in [0.15, 0.2) is 29.4 Å². The zero-order chi connectivity index (χ0) is 8.55. The van der Waals surface area contributed by atoms with Gasteiger partial charge in [-0.05, 0) is 12.1 Å². The summed E-state index contributed by atoms with van der Waals surface area (Å²) in [5.41, 5.74) is 1.29. The molecule has 0 unspecified atom stereocenters. The number of fused-ring (bicyclic) bond motifs is 1. The van der Waals surface area contributed by atoms with Gasteiger partial charge in [0.1, 0.15) is 0 Å². The van der Waals surface area contributed by atoms with Crippen LogP contribution in [0.1, 0.15) is 19.5 Å². The summed E-state index contributed by atoms with van der Waals surface area (Å²) in [5, 5.41) is 0. The summed E-state index contributed by atoms with van der Waals surface area (Å²) >= 11 is 0. The average molecular weight is 161 g/mol. The molecule has 1 aliphatic heterocycles. The van der Waals surface area contributed by atoms with Crippen molar-refractivity contribution in [2.75, 3.05) is 0 Å². The molecule has 0 spiro atoms. The topological polar surface area (TPSA) is 16.2 Å². The van der Waals surface area contributed by atoms with Crippen LogP contribution >= 0.6 is 0 Å². The highest BCUT2D eigenvalue weighted by molar-refractivity contribution is 5.76. The first kappa shape index (κ1) is 7.47. The molecule has 2 heteroatoms. The smallest absolute Gasteiger partial charge is 0.200 e. The Hall–Kier alpha value is -1.18. The lowest BCUT2D eigenvalue weighted by Crippen LogP contribution is -2.45. The van der Waals surface area contributed by atoms with E-state index >= 15 is 0 Å². The lowest BCUT2D eigenvalue weighted by atomic mass is 10.2. The second-order valence-electron chi connectivity index (χ2n) is 3.39. The molecule has 2 rings (SSSR count). The molecule has 0 radical (unpaired) electrons. The lowest BCUT2D eigenvalue weighted by Gasteiger charge is -2.00. The van der Waals surface area contributed by atoms with Crippen molar-refractivity contribution in [3.8, 4) is 0 Å². The van der Waals surface area contributed by atoms with E-state index in [1.807, 2.05) is 6.07 Å². The van der Waals surface area contributed by atoms with E-state index in [0.29, 0.717) is 5.92 Å². The number of hydrogen-bond acceptors (Lipinski definition) is 1. The SMILES string of the molecule is CC(C)C1=NCc2cccc[n+]21. The zero-order valence-corrected chi connectivity index (χ0v) is 7.49. The number of rotatable bonds is 1. The van der Waals surface area contributed by atoms with E-state index in [1.165, 1.54) is 11.5 Å². The van der Waals surface area contributed by atoms with Gasteiger partial charge in [0.2, 0.25) is 0 Å². The first-order chi connectivity index (χ1) is 5.79. The van der Waals surface area contributed by atoms with Crippen LogP contribution in [0.25, 0.3) is 0 Å². The molecule has 62 valence electrons. The van der Waals surface area contributed by atoms with E-state index in [9.17, 15) is 0 Å². The Kier molecular flexibility index (Phi) is 1.68. The van der Waals surface area contributed by atoms with Crippen LogP contribution in [-0.2, 0) is 6.54 Å². The van der Waals surface area contributed by atoms with Gasteiger partial charge in [0.15, 0.2) is 12.2 Å². The van der Waals surface area contributed by atoms with E-state index in [-0.39, 0.29) is 0 Å². The van der Waals surface area contributed by atoms with Crippen molar-refractivity contribution in [3.05, 3.63) is 30.1 Å². The van der Waals surface area contributed by atoms with Crippen LogP contribution in [-0.4, -0.2) is 5.84 Å². The molecule has 2 nitrogen and oxygen atoms in total. The van der Waals surface area contributed by atoms with Crippen molar-refractivity contribution >= 4 is 5.84 Å². The van der Waals surface area contributed by atoms with E-state index in [4.69, 9.17) is 0 Å². The lowest BCUT2D eigenvalue weighted by molar-refractivity contribution is -0.562. The van der Waals surface area contributed by atoms with Gasteiger partial charge in [-0.3, -0.25) is 0 Å². The van der Waals surface area contributed by atoms with E-state index in [0.717, 1.165) is 6.54 Å². The largest absolute Gasteiger partial charge is 0.300 e. The second kappa shape index (κ2) is 2.70. The fourth-order valence-electron chi connectivity index (χ4n) is 1.53. The normalized spacial score (nSPS) is 14.8. The van der Waals surface area contributed by atoms with Crippen LogP contribution in [0.2, 0.25) is 0 Å². The number of hydrogen-bond donors (Lipinski definition) is 0. The maximum Gasteiger partial charge on any atom is 0.300 e. The Bertz CT molecular complexity index is 326. The fourth-order valence-corrected chi connectivity index (χ4v) is 1.53. The first-order valence-corrected chi connectivity index (χ1v) is 4.33. The minimum atomic E-state index is 0.513. The third-order valence-corrected chi connectivity index (χ3v) is 2.11. The number of aliphatic imine (C=N–C) groups is 1. The monoisotopic (exact) mass is 161 g/mol. The maximum atomic E-state index is 4.48. The molecular formula is C10H13N2+. The van der Waals surface area contributed by atoms with E-state index < -0.39 is 0 Å². The summed E-state index contributed by atoms with van der Waals surface area (Å²) < 4.78 is 2.19. The summed E-state index contributed by atoms with van der Waals surface area (Å²) in [4.78, 5) is 4.48. The van der Waals surface area contributed by atoms with Gasteiger partial charge in [0.05, 0.1) is 12.1 Å². The highest BCUT2D eigenvalue weighted by Gasteiger charge is 2.25. The summed E-state index contributed by atoms with van der Waals surface area (Å²) in [7, 11) is 0. The number of nitrogens with zero attached hydrogens (tertiary/aromatic N) is 2. The third-order valence-electron chi connectivity index (χ3n) is 2.11. The van der Waals surface area contributed by atoms with Crippen LogP contribution in [0.5, 0.6) is 0 Å². The maximum absolute atomic E-state index is 4.48. The van der Waals surface area contributed by atoms with Crippen LogP contribution in [0.3, 0.4) is 0 Å². The summed E-state index contributed by atoms with van der Waals surface area (Å²) in [5.74, 6) is 1.70. The van der Waals surface area contributed by atoms with Gasteiger partial charge >= 0.3 is 0 Å². The molecule has 0 N–H and O–H groups in total. The van der Waals surface area contributed by atoms with Crippen molar-refractivity contribution in [2.24, 2.45) is 10.9 Å². The molecule has 2 heterocycles. The van der Waals surface area contributed by atoms with Crippen molar-refractivity contribution in [2.45, 2.75) is 20.4 Å². The molecule has 0 saturated heterocycles. The van der Waals surface area contributed by atoms with Gasteiger partial charge in [-0.15, -0.1) is 0 Å². The van der Waals surface area contributed by atoms with E-state index in [2.05, 4.69) is 41.7 Å². The number of aromatic nitrogens is 1. The molecule has 0 atom stereocenters. The minimum Gasteiger partial charge on any atom is -0.200 e. The van der Waals surface area contributed by atoms with Gasteiger partial charge in [0.25, 0.3) is 5.84 Å². The molecule has 0 saturated carbocycles. The van der Waals surface area contributed by atoms with Gasteiger partial charge in [-0.25, -0.2) is 4.57 Å². The van der Waals surface area contributed by atoms with Crippen molar-refractivity contribution in [1.29, 1.82) is 0 Å². The van der Waals surface area contributed by atoms with Crippen LogP contribution in [0.4, 0.5) is 0 Å². The Morgan fingerprint density at radius 2 is 2.25 bits per heavy atom. The van der Waals surface area contributed by atoms with Gasteiger partial charge < -0.3 is 0 Å². The highest BCUT2D eigenvalue weighted by atomic mass is 15.1. The molecule has 0 aromatic carbocycles. The molecular weight excluding hydrogens is 148 g/mol. The molecule has 1 aliphatic rings. The molecule has 0 amide bonds. The summed E-state index contributed by atoms with van der Waals surface area (Å²) in [6.07, 6.45) is 2.08. The second-order valence-corrected chi connectivity index (χ2v) is 3.39. The molecule has 12 heavy (non-hydrogen) atoms. The number of pyridine rings is 1. The van der Waals surface area contributed by atoms with Gasteiger partial charge in [-0.2, -0.15) is 0 Å². The molecule has 0 bridgehead atoms. The summed E-state index contributed by atoms with van der Waals surface area (Å²) in [6, 6.07) is 6.23. The quantitative estimate of drug-likeness (QED) is 0.553. The predicted octanol–water partition coefficient (Wildman–Crippen LogP) is 1.39. The Morgan fingerprint density at radius 1 is 1.42 bits per heavy atom. The van der Waals surface area contributed by atoms with Crippen LogP contribution in [0, 0.1) is 5.92 Å². The Balaban J connectivity index is 2.45. The fraction of sp³-hybridized carbons (Fsp3) is 0.400. The van der Waals surface area contributed by atoms with Gasteiger partial charge in [-0.1, -0.05) is 24.9 Å². The molecule has 1 aromatic heterocycles. The average Bonchev–Trinajstić information content (AvgIpc) is 2.47. The minimum absolute atomic E-state index is 0.513. The van der Waals surface area contributed by atoms with Crippen molar-refractivity contribution in [1.82, 2.24) is 0 Å². The van der Waals surface area contributed by atoms with Crippen LogP contribution < -0.4 is 4.57 Å². The van der Waals surface area contributed by atoms with E-state index in [1.54, 1.807) is 0 Å². The predicted molar refractivity (Wildman–Crippen MR) is 48.0 cm³/mol. The first-order valence-electron chi connectivity index (χ1n) is 4.33. The Labute approximate surface area is 72.6 Å². The standard InChI is InChI=1S/C10H13N2/c1-8(2)10-11-7-9-5-3-4-6-12(9)10/h3-6,8H,7H2,1-2H3/q+1.